The Morgan fingerprint density at radius 3 is 2.16 bits per heavy atom. The maximum Gasteiger partial charge on any atom is 0.264 e. The lowest BCUT2D eigenvalue weighted by molar-refractivity contribution is -0.119. The van der Waals surface area contributed by atoms with Crippen molar-refractivity contribution in [1.29, 1.82) is 0 Å². The number of methoxy groups -OCH3 is 4. The molecular weight excluding hydrogens is 505 g/mol. The van der Waals surface area contributed by atoms with Gasteiger partial charge in [-0.15, -0.1) is 0 Å². The molecule has 0 radical (unpaired) electrons. The van der Waals surface area contributed by atoms with Crippen molar-refractivity contribution in [2.75, 3.05) is 39.3 Å². The molecule has 0 aliphatic carbocycles. The zero-order valence-corrected chi connectivity index (χ0v) is 21.4. The Balaban J connectivity index is 1.89. The van der Waals surface area contributed by atoms with E-state index in [1.807, 2.05) is 0 Å². The van der Waals surface area contributed by atoms with E-state index in [0.717, 1.165) is 16.4 Å². The standard InChI is InChI=1S/C25H26FN3O7S/c1-33-20-9-11-22(34-2)17(13-20)15-27-28-25(30)16-29(19-7-5-18(26)6-8-19)37(31,32)21-10-12-23(35-3)24(14-21)36-4/h5-15H,16H2,1-4H3,(H,28,30)/b27-15-. The predicted octanol–water partition coefficient (Wildman–Crippen LogP) is 3.21. The fraction of sp³-hybridized carbons (Fsp3) is 0.200. The van der Waals surface area contributed by atoms with Gasteiger partial charge < -0.3 is 18.9 Å². The molecule has 3 aromatic carbocycles. The normalized spacial score (nSPS) is 11.2. The molecule has 0 aliphatic heterocycles. The van der Waals surface area contributed by atoms with Crippen LogP contribution in [0.1, 0.15) is 5.56 Å². The van der Waals surface area contributed by atoms with Gasteiger partial charge in [0.15, 0.2) is 11.5 Å². The second kappa shape index (κ2) is 12.1. The number of benzene rings is 3. The van der Waals surface area contributed by atoms with E-state index in [9.17, 15) is 17.6 Å². The first-order valence-corrected chi connectivity index (χ1v) is 12.2. The van der Waals surface area contributed by atoms with Crippen LogP contribution >= 0.6 is 0 Å². The molecule has 0 unspecified atom stereocenters. The largest absolute Gasteiger partial charge is 0.497 e. The van der Waals surface area contributed by atoms with Gasteiger partial charge in [-0.3, -0.25) is 9.10 Å². The van der Waals surface area contributed by atoms with Gasteiger partial charge in [-0.25, -0.2) is 18.2 Å². The highest BCUT2D eigenvalue weighted by atomic mass is 32.2. The number of rotatable bonds is 11. The number of halogens is 1. The minimum absolute atomic E-state index is 0.0739. The number of anilines is 1. The average molecular weight is 532 g/mol. The second-order valence-electron chi connectivity index (χ2n) is 7.41. The van der Waals surface area contributed by atoms with Crippen molar-refractivity contribution in [1.82, 2.24) is 5.43 Å². The van der Waals surface area contributed by atoms with E-state index in [0.29, 0.717) is 22.8 Å². The van der Waals surface area contributed by atoms with Crippen LogP contribution in [0.15, 0.2) is 70.7 Å². The lowest BCUT2D eigenvalue weighted by Crippen LogP contribution is -2.39. The third-order valence-corrected chi connectivity index (χ3v) is 6.94. The predicted molar refractivity (Wildman–Crippen MR) is 136 cm³/mol. The van der Waals surface area contributed by atoms with Crippen LogP contribution in [-0.4, -0.2) is 55.5 Å². The Bertz CT molecular complexity index is 1380. The smallest absolute Gasteiger partial charge is 0.264 e. The van der Waals surface area contributed by atoms with Crippen molar-refractivity contribution in [3.63, 3.8) is 0 Å². The van der Waals surface area contributed by atoms with Crippen molar-refractivity contribution < 1.29 is 36.6 Å². The van der Waals surface area contributed by atoms with Gasteiger partial charge in [0.1, 0.15) is 23.9 Å². The Hall–Kier alpha value is -4.32. The zero-order chi connectivity index (χ0) is 27.0. The summed E-state index contributed by atoms with van der Waals surface area (Å²) in [6.45, 7) is -0.644. The molecule has 0 saturated heterocycles. The molecule has 0 saturated carbocycles. The van der Waals surface area contributed by atoms with Crippen LogP contribution in [0.3, 0.4) is 0 Å². The summed E-state index contributed by atoms with van der Waals surface area (Å²) < 4.78 is 62.3. The van der Waals surface area contributed by atoms with Crippen LogP contribution in [0.2, 0.25) is 0 Å². The molecule has 10 nitrogen and oxygen atoms in total. The second-order valence-corrected chi connectivity index (χ2v) is 9.27. The van der Waals surface area contributed by atoms with Gasteiger partial charge in [-0.2, -0.15) is 5.10 Å². The summed E-state index contributed by atoms with van der Waals surface area (Å²) in [5.41, 5.74) is 2.90. The molecular formula is C25H26FN3O7S. The van der Waals surface area contributed by atoms with E-state index in [4.69, 9.17) is 18.9 Å². The molecule has 0 aromatic heterocycles. The molecule has 0 aliphatic rings. The quantitative estimate of drug-likeness (QED) is 0.298. The maximum atomic E-state index is 13.6. The van der Waals surface area contributed by atoms with E-state index in [1.165, 1.54) is 65.0 Å². The van der Waals surface area contributed by atoms with Crippen molar-refractivity contribution >= 4 is 27.8 Å². The molecule has 1 N–H and O–H groups in total. The first-order valence-electron chi connectivity index (χ1n) is 10.8. The zero-order valence-electron chi connectivity index (χ0n) is 20.6. The SMILES string of the molecule is COc1ccc(OC)c(/C=N\NC(=O)CN(c2ccc(F)cc2)S(=O)(=O)c2ccc(OC)c(OC)c2)c1. The van der Waals surface area contributed by atoms with Gasteiger partial charge in [0.2, 0.25) is 0 Å². The van der Waals surface area contributed by atoms with Crippen molar-refractivity contribution in [2.45, 2.75) is 4.90 Å². The minimum Gasteiger partial charge on any atom is -0.497 e. The summed E-state index contributed by atoms with van der Waals surface area (Å²) in [5.74, 6) is 0.249. The van der Waals surface area contributed by atoms with Crippen LogP contribution in [-0.2, 0) is 14.8 Å². The number of nitrogens with one attached hydrogen (secondary N) is 1. The van der Waals surface area contributed by atoms with Gasteiger partial charge in [-0.1, -0.05) is 0 Å². The van der Waals surface area contributed by atoms with Gasteiger partial charge in [-0.05, 0) is 54.6 Å². The van der Waals surface area contributed by atoms with Crippen LogP contribution < -0.4 is 28.7 Å². The van der Waals surface area contributed by atoms with Crippen molar-refractivity contribution in [2.24, 2.45) is 5.10 Å². The lowest BCUT2D eigenvalue weighted by atomic mass is 10.2. The lowest BCUT2D eigenvalue weighted by Gasteiger charge is -2.24. The third kappa shape index (κ3) is 6.47. The van der Waals surface area contributed by atoms with Crippen LogP contribution in [0.4, 0.5) is 10.1 Å². The van der Waals surface area contributed by atoms with Crippen LogP contribution in [0.5, 0.6) is 23.0 Å². The number of carbonyl (C=O) groups excluding carboxylic acids is 1. The summed E-state index contributed by atoms with van der Waals surface area (Å²) in [7, 11) is 1.49. The highest BCUT2D eigenvalue weighted by Gasteiger charge is 2.28. The monoisotopic (exact) mass is 531 g/mol. The molecule has 0 bridgehead atoms. The Morgan fingerprint density at radius 1 is 0.892 bits per heavy atom. The highest BCUT2D eigenvalue weighted by molar-refractivity contribution is 7.92. The Morgan fingerprint density at radius 2 is 1.54 bits per heavy atom. The summed E-state index contributed by atoms with van der Waals surface area (Å²) in [4.78, 5) is 12.6. The van der Waals surface area contributed by atoms with Gasteiger partial charge >= 0.3 is 0 Å². The summed E-state index contributed by atoms with van der Waals surface area (Å²) in [6.07, 6.45) is 1.34. The Labute approximate surface area is 214 Å². The minimum atomic E-state index is -4.29. The third-order valence-electron chi connectivity index (χ3n) is 5.17. The molecule has 3 rings (SSSR count). The van der Waals surface area contributed by atoms with E-state index >= 15 is 0 Å². The highest BCUT2D eigenvalue weighted by Crippen LogP contribution is 2.32. The Kier molecular flexibility index (Phi) is 8.90. The molecule has 0 atom stereocenters. The molecule has 0 spiro atoms. The first kappa shape index (κ1) is 27.3. The topological polar surface area (TPSA) is 116 Å². The summed E-state index contributed by atoms with van der Waals surface area (Å²) >= 11 is 0. The number of amides is 1. The van der Waals surface area contributed by atoms with Crippen molar-refractivity contribution in [3.05, 3.63) is 72.0 Å². The molecule has 0 heterocycles. The number of carbonyl (C=O) groups is 1. The van der Waals surface area contributed by atoms with Gasteiger partial charge in [0, 0.05) is 11.6 Å². The number of hydrazone groups is 1. The fourth-order valence-corrected chi connectivity index (χ4v) is 4.74. The number of hydrogen-bond acceptors (Lipinski definition) is 8. The summed E-state index contributed by atoms with van der Waals surface area (Å²) in [5, 5.41) is 3.91. The molecule has 12 heteroatoms. The number of nitrogens with zero attached hydrogens (tertiary/aromatic N) is 2. The fourth-order valence-electron chi connectivity index (χ4n) is 3.31. The molecule has 1 amide bonds. The number of hydrogen-bond donors (Lipinski definition) is 1. The van der Waals surface area contributed by atoms with E-state index in [-0.39, 0.29) is 16.3 Å². The first-order chi connectivity index (χ1) is 17.7. The van der Waals surface area contributed by atoms with Crippen LogP contribution in [0, 0.1) is 5.82 Å². The van der Waals surface area contributed by atoms with Crippen LogP contribution in [0.25, 0.3) is 0 Å². The van der Waals surface area contributed by atoms with Crippen molar-refractivity contribution in [3.8, 4) is 23.0 Å². The van der Waals surface area contributed by atoms with Gasteiger partial charge in [0.05, 0.1) is 45.2 Å². The van der Waals surface area contributed by atoms with E-state index in [2.05, 4.69) is 10.5 Å². The maximum absolute atomic E-state index is 13.6. The van der Waals surface area contributed by atoms with E-state index in [1.54, 1.807) is 18.2 Å². The van der Waals surface area contributed by atoms with E-state index < -0.39 is 28.3 Å². The number of sulfonamides is 1. The van der Waals surface area contributed by atoms with Gasteiger partial charge in [0.25, 0.3) is 15.9 Å². The average Bonchev–Trinajstić information content (AvgIpc) is 2.91. The molecule has 3 aromatic rings. The molecule has 0 fully saturated rings. The number of ether oxygens (including phenoxy) is 4. The summed E-state index contributed by atoms with van der Waals surface area (Å²) in [6, 6.07) is 13.8. The molecule has 37 heavy (non-hydrogen) atoms. The molecule has 196 valence electrons.